The average molecular weight is 355 g/mol. The molecule has 0 spiro atoms. The van der Waals surface area contributed by atoms with Crippen LogP contribution in [0.4, 0.5) is 4.39 Å². The summed E-state index contributed by atoms with van der Waals surface area (Å²) in [6, 6.07) is 8.14. The normalized spacial score (nSPS) is 27.6. The molecule has 2 fully saturated rings. The molecule has 4 rings (SSSR count). The second-order valence-electron chi connectivity index (χ2n) is 7.55. The van der Waals surface area contributed by atoms with E-state index in [2.05, 4.69) is 16.9 Å². The van der Waals surface area contributed by atoms with Gasteiger partial charge in [-0.15, -0.1) is 0 Å². The van der Waals surface area contributed by atoms with Crippen molar-refractivity contribution in [2.45, 2.75) is 32.1 Å². The van der Waals surface area contributed by atoms with E-state index in [0.29, 0.717) is 36.1 Å². The molecule has 1 aromatic heterocycles. The molecule has 2 aliphatic rings. The molecule has 2 aromatic rings. The molecule has 5 nitrogen and oxygen atoms in total. The van der Waals surface area contributed by atoms with Crippen LogP contribution in [-0.4, -0.2) is 33.9 Å². The van der Waals surface area contributed by atoms with Gasteiger partial charge in [0.25, 0.3) is 5.56 Å². The number of likely N-dealkylation sites (tertiary alicyclic amines) is 1. The van der Waals surface area contributed by atoms with E-state index in [9.17, 15) is 14.0 Å². The molecule has 0 unspecified atom stereocenters. The number of aryl methyl sites for hydroxylation is 1. The lowest BCUT2D eigenvalue weighted by Gasteiger charge is -2.18. The average Bonchev–Trinajstić information content (AvgIpc) is 3.16. The second-order valence-corrected chi connectivity index (χ2v) is 7.55. The van der Waals surface area contributed by atoms with E-state index < -0.39 is 0 Å². The predicted octanol–water partition coefficient (Wildman–Crippen LogP) is 2.58. The summed E-state index contributed by atoms with van der Waals surface area (Å²) in [5, 5.41) is 0. The minimum atomic E-state index is -0.279. The Morgan fingerprint density at radius 3 is 2.62 bits per heavy atom. The van der Waals surface area contributed by atoms with Gasteiger partial charge < -0.3 is 9.88 Å². The summed E-state index contributed by atoms with van der Waals surface area (Å²) < 4.78 is 14.5. The number of nitrogens with one attached hydrogen (secondary N) is 1. The van der Waals surface area contributed by atoms with Crippen LogP contribution in [0.5, 0.6) is 0 Å². The number of aromatic amines is 1. The highest BCUT2D eigenvalue weighted by atomic mass is 19.1. The molecule has 0 bridgehead atoms. The van der Waals surface area contributed by atoms with Crippen LogP contribution in [0.25, 0.3) is 0 Å². The fourth-order valence-electron chi connectivity index (χ4n) is 4.07. The van der Waals surface area contributed by atoms with Crippen LogP contribution in [0.2, 0.25) is 0 Å². The second kappa shape index (κ2) is 6.34. The number of amides is 1. The number of aromatic nitrogens is 2. The van der Waals surface area contributed by atoms with Crippen LogP contribution in [-0.2, 0) is 4.79 Å². The summed E-state index contributed by atoms with van der Waals surface area (Å²) in [6.07, 6.45) is 0.923. The van der Waals surface area contributed by atoms with Crippen molar-refractivity contribution in [1.82, 2.24) is 14.9 Å². The van der Waals surface area contributed by atoms with Gasteiger partial charge in [0.2, 0.25) is 5.91 Å². The van der Waals surface area contributed by atoms with Gasteiger partial charge in [0.1, 0.15) is 11.6 Å². The predicted molar refractivity (Wildman–Crippen MR) is 95.3 cm³/mol. The zero-order valence-corrected chi connectivity index (χ0v) is 14.9. The van der Waals surface area contributed by atoms with Crippen molar-refractivity contribution in [2.24, 2.45) is 11.8 Å². The molecule has 0 radical (unpaired) electrons. The molecule has 1 aliphatic carbocycles. The highest BCUT2D eigenvalue weighted by Gasteiger charge is 2.46. The Bertz CT molecular complexity index is 910. The first-order valence-electron chi connectivity index (χ1n) is 9.05. The first-order valence-corrected chi connectivity index (χ1v) is 9.05. The monoisotopic (exact) mass is 355 g/mol. The van der Waals surface area contributed by atoms with Crippen LogP contribution < -0.4 is 5.56 Å². The van der Waals surface area contributed by atoms with E-state index in [4.69, 9.17) is 0 Å². The maximum Gasteiger partial charge on any atom is 0.251 e. The van der Waals surface area contributed by atoms with Gasteiger partial charge in [0.05, 0.1) is 5.69 Å². The van der Waals surface area contributed by atoms with Crippen molar-refractivity contribution in [1.29, 1.82) is 0 Å². The zero-order valence-electron chi connectivity index (χ0n) is 14.9. The largest absolute Gasteiger partial charge is 0.341 e. The van der Waals surface area contributed by atoms with Crippen LogP contribution in [0.1, 0.15) is 42.3 Å². The van der Waals surface area contributed by atoms with Crippen molar-refractivity contribution in [3.63, 3.8) is 0 Å². The molecule has 6 heteroatoms. The van der Waals surface area contributed by atoms with Crippen molar-refractivity contribution < 1.29 is 9.18 Å². The summed E-state index contributed by atoms with van der Waals surface area (Å²) in [4.78, 5) is 33.6. The number of hydrogen-bond donors (Lipinski definition) is 1. The van der Waals surface area contributed by atoms with E-state index in [0.717, 1.165) is 6.42 Å². The lowest BCUT2D eigenvalue weighted by molar-refractivity contribution is -0.131. The maximum atomic E-state index is 14.5. The Morgan fingerprint density at radius 1 is 1.27 bits per heavy atom. The molecule has 1 saturated heterocycles. The third kappa shape index (κ3) is 3.04. The van der Waals surface area contributed by atoms with Gasteiger partial charge in [0.15, 0.2) is 0 Å². The minimum Gasteiger partial charge on any atom is -0.341 e. The fourth-order valence-corrected chi connectivity index (χ4v) is 4.07. The van der Waals surface area contributed by atoms with E-state index >= 15 is 0 Å². The Labute approximate surface area is 151 Å². The smallest absolute Gasteiger partial charge is 0.251 e. The number of carbonyl (C=O) groups excluding carboxylic acids is 1. The lowest BCUT2D eigenvalue weighted by atomic mass is 9.86. The molecule has 1 amide bonds. The Hall–Kier alpha value is -2.50. The van der Waals surface area contributed by atoms with Gasteiger partial charge in [-0.2, -0.15) is 0 Å². The zero-order chi connectivity index (χ0) is 18.4. The SMILES string of the molecule is Cc1nc([C@@H]2CN(C(=O)[C@@H]3C[C@@H]3C)C[C@H]2c2ccccc2F)cc(=O)[nH]1. The third-order valence-electron chi connectivity index (χ3n) is 5.62. The van der Waals surface area contributed by atoms with Crippen molar-refractivity contribution in [2.75, 3.05) is 13.1 Å². The highest BCUT2D eigenvalue weighted by molar-refractivity contribution is 5.82. The number of halogens is 1. The Kier molecular flexibility index (Phi) is 4.13. The summed E-state index contributed by atoms with van der Waals surface area (Å²) in [5.74, 6) is 0.507. The van der Waals surface area contributed by atoms with Crippen LogP contribution >= 0.6 is 0 Å². The number of benzene rings is 1. The fraction of sp³-hybridized carbons (Fsp3) is 0.450. The Balaban J connectivity index is 1.71. The molecule has 2 heterocycles. The van der Waals surface area contributed by atoms with Crippen LogP contribution in [0, 0.1) is 24.6 Å². The van der Waals surface area contributed by atoms with Gasteiger partial charge in [-0.3, -0.25) is 9.59 Å². The molecule has 26 heavy (non-hydrogen) atoms. The quantitative estimate of drug-likeness (QED) is 0.920. The van der Waals surface area contributed by atoms with Gasteiger partial charge in [0, 0.05) is 36.9 Å². The summed E-state index contributed by atoms with van der Waals surface area (Å²) >= 11 is 0. The lowest BCUT2D eigenvalue weighted by Crippen LogP contribution is -2.30. The standard InChI is InChI=1S/C20H22FN3O2/c1-11-7-14(11)20(26)24-9-15(13-5-3-4-6-17(13)21)16(10-24)18-8-19(25)23-12(2)22-18/h3-6,8,11,14-16H,7,9-10H2,1-2H3,(H,22,23,25)/t11-,14+,15-,16+/m0/s1. The molecule has 1 aromatic carbocycles. The van der Waals surface area contributed by atoms with E-state index in [1.165, 1.54) is 12.1 Å². The summed E-state index contributed by atoms with van der Waals surface area (Å²) in [6.45, 7) is 4.73. The first-order chi connectivity index (χ1) is 12.4. The minimum absolute atomic E-state index is 0.0869. The number of carbonyl (C=O) groups is 1. The van der Waals surface area contributed by atoms with Gasteiger partial charge >= 0.3 is 0 Å². The molecule has 1 saturated carbocycles. The number of nitrogens with zero attached hydrogens (tertiary/aromatic N) is 2. The maximum absolute atomic E-state index is 14.5. The van der Waals surface area contributed by atoms with Crippen LogP contribution in [0.15, 0.2) is 35.1 Å². The Morgan fingerprint density at radius 2 is 1.96 bits per heavy atom. The number of hydrogen-bond acceptors (Lipinski definition) is 3. The van der Waals surface area contributed by atoms with E-state index in [1.54, 1.807) is 25.1 Å². The highest BCUT2D eigenvalue weighted by Crippen LogP contribution is 2.44. The van der Waals surface area contributed by atoms with Crippen molar-refractivity contribution in [3.8, 4) is 0 Å². The van der Waals surface area contributed by atoms with Crippen LogP contribution in [0.3, 0.4) is 0 Å². The molecular formula is C20H22FN3O2. The van der Waals surface area contributed by atoms with E-state index in [-0.39, 0.29) is 35.0 Å². The number of H-pyrrole nitrogens is 1. The van der Waals surface area contributed by atoms with Gasteiger partial charge in [-0.1, -0.05) is 25.1 Å². The summed E-state index contributed by atoms with van der Waals surface area (Å²) in [5.41, 5.74) is 0.982. The molecule has 1 N–H and O–H groups in total. The third-order valence-corrected chi connectivity index (χ3v) is 5.62. The molecular weight excluding hydrogens is 333 g/mol. The number of rotatable bonds is 3. The van der Waals surface area contributed by atoms with Gasteiger partial charge in [-0.05, 0) is 30.9 Å². The molecule has 136 valence electrons. The van der Waals surface area contributed by atoms with Gasteiger partial charge in [-0.25, -0.2) is 9.37 Å². The summed E-state index contributed by atoms with van der Waals surface area (Å²) in [7, 11) is 0. The van der Waals surface area contributed by atoms with Crippen molar-refractivity contribution >= 4 is 5.91 Å². The van der Waals surface area contributed by atoms with Crippen molar-refractivity contribution in [3.05, 3.63) is 63.6 Å². The van der Waals surface area contributed by atoms with E-state index in [1.807, 2.05) is 4.90 Å². The molecule has 1 aliphatic heterocycles. The topological polar surface area (TPSA) is 66.1 Å². The first kappa shape index (κ1) is 16.9. The molecule has 4 atom stereocenters.